The molecule has 1 aliphatic rings. The van der Waals surface area contributed by atoms with Gasteiger partial charge in [-0.05, 0) is 42.2 Å². The minimum Gasteiger partial charge on any atom is -0.397 e. The van der Waals surface area contributed by atoms with Gasteiger partial charge in [0.1, 0.15) is 5.82 Å². The molecule has 0 aliphatic carbocycles. The van der Waals surface area contributed by atoms with Crippen LogP contribution in [0.3, 0.4) is 0 Å². The smallest absolute Gasteiger partial charge is 0.128 e. The number of fused-ring (bicyclic) bond motifs is 1. The van der Waals surface area contributed by atoms with E-state index in [1.54, 1.807) is 6.92 Å². The van der Waals surface area contributed by atoms with Crippen LogP contribution in [-0.4, -0.2) is 6.54 Å². The molecule has 98 valence electrons. The van der Waals surface area contributed by atoms with E-state index in [-0.39, 0.29) is 5.82 Å². The molecule has 0 aromatic heterocycles. The van der Waals surface area contributed by atoms with E-state index in [1.807, 2.05) is 6.07 Å². The van der Waals surface area contributed by atoms with E-state index in [0.29, 0.717) is 11.3 Å². The zero-order valence-electron chi connectivity index (χ0n) is 11.0. The highest BCUT2D eigenvalue weighted by Crippen LogP contribution is 2.30. The molecule has 0 radical (unpaired) electrons. The molecule has 2 aromatic carbocycles. The number of benzene rings is 2. The summed E-state index contributed by atoms with van der Waals surface area (Å²) >= 11 is 0. The van der Waals surface area contributed by atoms with Crippen LogP contribution < -0.4 is 10.6 Å². The van der Waals surface area contributed by atoms with Crippen LogP contribution in [0.15, 0.2) is 36.4 Å². The molecule has 19 heavy (non-hydrogen) atoms. The van der Waals surface area contributed by atoms with E-state index in [9.17, 15) is 4.39 Å². The number of nitrogens with two attached hydrogens (primary N) is 1. The van der Waals surface area contributed by atoms with Gasteiger partial charge in [-0.25, -0.2) is 4.39 Å². The quantitative estimate of drug-likeness (QED) is 0.793. The molecule has 0 amide bonds. The molecular weight excluding hydrogens is 239 g/mol. The number of aryl methyl sites for hydroxylation is 1. The third-order valence-corrected chi connectivity index (χ3v) is 3.78. The van der Waals surface area contributed by atoms with Gasteiger partial charge in [0.15, 0.2) is 0 Å². The number of rotatable bonds is 1. The van der Waals surface area contributed by atoms with Gasteiger partial charge in [0.2, 0.25) is 0 Å². The normalized spacial score (nSPS) is 14.3. The molecule has 0 saturated heterocycles. The maximum atomic E-state index is 13.5. The maximum absolute atomic E-state index is 13.5. The monoisotopic (exact) mass is 256 g/mol. The van der Waals surface area contributed by atoms with Crippen LogP contribution in [0.5, 0.6) is 0 Å². The molecule has 0 atom stereocenters. The van der Waals surface area contributed by atoms with Crippen molar-refractivity contribution in [1.82, 2.24) is 0 Å². The van der Waals surface area contributed by atoms with Crippen molar-refractivity contribution in [2.24, 2.45) is 0 Å². The fraction of sp³-hybridized carbons (Fsp3) is 0.250. The molecule has 2 aromatic rings. The Morgan fingerprint density at radius 1 is 1.16 bits per heavy atom. The Labute approximate surface area is 112 Å². The molecule has 0 fully saturated rings. The Balaban J connectivity index is 1.95. The third kappa shape index (κ3) is 2.16. The Hall–Kier alpha value is -2.03. The van der Waals surface area contributed by atoms with Crippen LogP contribution in [0.25, 0.3) is 0 Å². The average Bonchev–Trinajstić information content (AvgIpc) is 2.42. The fourth-order valence-corrected chi connectivity index (χ4v) is 2.66. The summed E-state index contributed by atoms with van der Waals surface area (Å²) < 4.78 is 13.5. The summed E-state index contributed by atoms with van der Waals surface area (Å²) in [6.07, 6.45) is 1.01. The van der Waals surface area contributed by atoms with Gasteiger partial charge in [0.05, 0.1) is 11.4 Å². The van der Waals surface area contributed by atoms with E-state index in [1.165, 1.54) is 17.2 Å². The van der Waals surface area contributed by atoms with Crippen molar-refractivity contribution in [2.75, 3.05) is 17.2 Å². The van der Waals surface area contributed by atoms with Crippen molar-refractivity contribution in [3.8, 4) is 0 Å². The molecule has 0 saturated carbocycles. The number of nitrogen functional groups attached to an aromatic ring is 1. The van der Waals surface area contributed by atoms with Crippen molar-refractivity contribution in [1.29, 1.82) is 0 Å². The lowest BCUT2D eigenvalue weighted by molar-refractivity contribution is 0.618. The molecule has 0 unspecified atom stereocenters. The van der Waals surface area contributed by atoms with Gasteiger partial charge in [0.25, 0.3) is 0 Å². The molecule has 1 heterocycles. The Bertz CT molecular complexity index is 622. The van der Waals surface area contributed by atoms with Crippen molar-refractivity contribution in [3.63, 3.8) is 0 Å². The predicted molar refractivity (Wildman–Crippen MR) is 76.7 cm³/mol. The zero-order chi connectivity index (χ0) is 13.4. The van der Waals surface area contributed by atoms with Crippen molar-refractivity contribution in [3.05, 3.63) is 58.9 Å². The summed E-state index contributed by atoms with van der Waals surface area (Å²) in [5.41, 5.74) is 10.8. The third-order valence-electron chi connectivity index (χ3n) is 3.78. The molecule has 2 N–H and O–H groups in total. The highest BCUT2D eigenvalue weighted by atomic mass is 19.1. The number of anilines is 2. The first kappa shape index (κ1) is 12.0. The summed E-state index contributed by atoms with van der Waals surface area (Å²) in [6, 6.07) is 11.7. The number of hydrogen-bond acceptors (Lipinski definition) is 2. The van der Waals surface area contributed by atoms with Gasteiger partial charge >= 0.3 is 0 Å². The van der Waals surface area contributed by atoms with Gasteiger partial charge in [-0.15, -0.1) is 0 Å². The highest BCUT2D eigenvalue weighted by Gasteiger charge is 2.18. The van der Waals surface area contributed by atoms with Gasteiger partial charge in [-0.2, -0.15) is 0 Å². The van der Waals surface area contributed by atoms with E-state index < -0.39 is 0 Å². The molecule has 2 nitrogen and oxygen atoms in total. The summed E-state index contributed by atoms with van der Waals surface area (Å²) in [6.45, 7) is 3.54. The lowest BCUT2D eigenvalue weighted by atomic mass is 9.99. The zero-order valence-corrected chi connectivity index (χ0v) is 11.0. The summed E-state index contributed by atoms with van der Waals surface area (Å²) in [7, 11) is 0. The van der Waals surface area contributed by atoms with Crippen molar-refractivity contribution in [2.45, 2.75) is 19.9 Å². The Morgan fingerprint density at radius 2 is 1.89 bits per heavy atom. The molecule has 0 spiro atoms. The fourth-order valence-electron chi connectivity index (χ4n) is 2.66. The highest BCUT2D eigenvalue weighted by molar-refractivity contribution is 5.69. The molecular formula is C16H17FN2. The number of halogens is 1. The van der Waals surface area contributed by atoms with Gasteiger partial charge in [-0.1, -0.05) is 24.3 Å². The summed E-state index contributed by atoms with van der Waals surface area (Å²) in [5.74, 6) is -0.237. The van der Waals surface area contributed by atoms with Crippen molar-refractivity contribution < 1.29 is 4.39 Å². The molecule has 3 rings (SSSR count). The van der Waals surface area contributed by atoms with Crippen molar-refractivity contribution >= 4 is 11.4 Å². The van der Waals surface area contributed by atoms with Crippen LogP contribution in [0.4, 0.5) is 15.8 Å². The first-order valence-electron chi connectivity index (χ1n) is 6.52. The van der Waals surface area contributed by atoms with Gasteiger partial charge in [-0.3, -0.25) is 0 Å². The largest absolute Gasteiger partial charge is 0.397 e. The Kier molecular flexibility index (Phi) is 2.90. The van der Waals surface area contributed by atoms with Crippen LogP contribution in [0.1, 0.15) is 16.7 Å². The molecule has 0 bridgehead atoms. The standard InChI is InChI=1S/C16H17FN2/c1-11-8-16(15(18)9-14(11)17)19-7-6-12-4-2-3-5-13(12)10-19/h2-5,8-9H,6-7,10,18H2,1H3. The minimum absolute atomic E-state index is 0.237. The summed E-state index contributed by atoms with van der Waals surface area (Å²) in [5, 5.41) is 0. The van der Waals surface area contributed by atoms with E-state index >= 15 is 0 Å². The van der Waals surface area contributed by atoms with Crippen LogP contribution in [0.2, 0.25) is 0 Å². The van der Waals surface area contributed by atoms with E-state index in [0.717, 1.165) is 25.2 Å². The van der Waals surface area contributed by atoms with Gasteiger partial charge in [0, 0.05) is 13.1 Å². The second-order valence-electron chi connectivity index (χ2n) is 5.10. The maximum Gasteiger partial charge on any atom is 0.128 e. The molecule has 1 aliphatic heterocycles. The number of nitrogens with zero attached hydrogens (tertiary/aromatic N) is 1. The number of hydrogen-bond donors (Lipinski definition) is 1. The second kappa shape index (κ2) is 4.57. The minimum atomic E-state index is -0.237. The lowest BCUT2D eigenvalue weighted by Crippen LogP contribution is -2.31. The predicted octanol–water partition coefficient (Wildman–Crippen LogP) is 3.28. The van der Waals surface area contributed by atoms with Crippen LogP contribution >= 0.6 is 0 Å². The first-order valence-corrected chi connectivity index (χ1v) is 6.52. The molecule has 3 heteroatoms. The van der Waals surface area contributed by atoms with E-state index in [4.69, 9.17) is 5.73 Å². The van der Waals surface area contributed by atoms with Crippen LogP contribution in [0, 0.1) is 12.7 Å². The summed E-state index contributed by atoms with van der Waals surface area (Å²) in [4.78, 5) is 2.23. The average molecular weight is 256 g/mol. The SMILES string of the molecule is Cc1cc(N2CCc3ccccc3C2)c(N)cc1F. The lowest BCUT2D eigenvalue weighted by Gasteiger charge is -2.31. The van der Waals surface area contributed by atoms with Gasteiger partial charge < -0.3 is 10.6 Å². The first-order chi connectivity index (χ1) is 9.15. The Morgan fingerprint density at radius 3 is 2.68 bits per heavy atom. The second-order valence-corrected chi connectivity index (χ2v) is 5.10. The van der Waals surface area contributed by atoms with E-state index in [2.05, 4.69) is 29.2 Å². The van der Waals surface area contributed by atoms with Crippen LogP contribution in [-0.2, 0) is 13.0 Å². The topological polar surface area (TPSA) is 29.3 Å².